The number of nitrogens with zero attached hydrogens (tertiary/aromatic N) is 1. The number of amidine groups is 1. The average molecular weight is 332 g/mol. The van der Waals surface area contributed by atoms with Crippen molar-refractivity contribution in [2.45, 2.75) is 36.7 Å². The molecule has 0 aromatic heterocycles. The van der Waals surface area contributed by atoms with Crippen molar-refractivity contribution in [3.63, 3.8) is 0 Å². The molecule has 0 fully saturated rings. The maximum atomic E-state index is 13.9. The first-order valence-corrected chi connectivity index (χ1v) is 7.47. The summed E-state index contributed by atoms with van der Waals surface area (Å²) in [5.74, 6) is -1.64. The number of nitrogens with one attached hydrogen (secondary N) is 1. The number of aliphatic imine (C=N–C) groups is 1. The first kappa shape index (κ1) is 15.3. The molecule has 1 aromatic rings. The second-order valence-corrected chi connectivity index (χ2v) is 6.81. The number of hydrogen-bond acceptors (Lipinski definition) is 3. The van der Waals surface area contributed by atoms with Crippen molar-refractivity contribution in [3.8, 4) is 0 Å². The van der Waals surface area contributed by atoms with Crippen LogP contribution in [-0.2, 0) is 11.2 Å². The second kappa shape index (κ2) is 4.97. The number of halogens is 4. The van der Waals surface area contributed by atoms with E-state index in [2.05, 4.69) is 10.3 Å². The van der Waals surface area contributed by atoms with Gasteiger partial charge in [0.1, 0.15) is 5.82 Å². The van der Waals surface area contributed by atoms with Crippen molar-refractivity contribution in [1.82, 2.24) is 5.32 Å². The van der Waals surface area contributed by atoms with E-state index in [0.717, 1.165) is 12.5 Å². The van der Waals surface area contributed by atoms with Crippen LogP contribution in [0.1, 0.15) is 30.5 Å². The van der Waals surface area contributed by atoms with E-state index in [-0.39, 0.29) is 5.17 Å². The highest BCUT2D eigenvalue weighted by molar-refractivity contribution is 8.16. The largest absolute Gasteiger partial charge is 0.412 e. The zero-order valence-corrected chi connectivity index (χ0v) is 12.3. The van der Waals surface area contributed by atoms with Gasteiger partial charge in [0.05, 0.1) is 6.04 Å². The lowest BCUT2D eigenvalue weighted by molar-refractivity contribution is -0.165. The topological polar surface area (TPSA) is 41.5 Å². The Morgan fingerprint density at radius 3 is 2.77 bits per heavy atom. The standard InChI is InChI=1S/C14H12F4N2OS/c1-13(14(16,17)18)11(21)20-12(22-13)19-9-6-5-7-3-2-4-8(15)10(7)9/h2-4,9H,5-6H2,1H3,(H,19,20,21)/t9-,13?/m0/s1. The number of thioether (sulfide) groups is 1. The van der Waals surface area contributed by atoms with E-state index in [4.69, 9.17) is 0 Å². The van der Waals surface area contributed by atoms with Crippen LogP contribution in [0.4, 0.5) is 17.6 Å². The first-order chi connectivity index (χ1) is 10.2. The van der Waals surface area contributed by atoms with Crippen LogP contribution in [-0.4, -0.2) is 22.0 Å². The Morgan fingerprint density at radius 2 is 2.14 bits per heavy atom. The number of hydrogen-bond donors (Lipinski definition) is 1. The van der Waals surface area contributed by atoms with E-state index in [1.165, 1.54) is 6.07 Å². The van der Waals surface area contributed by atoms with Crippen LogP contribution in [0.3, 0.4) is 0 Å². The summed E-state index contributed by atoms with van der Waals surface area (Å²) in [5, 5.41) is 2.68. The lowest BCUT2D eigenvalue weighted by Crippen LogP contribution is -2.44. The summed E-state index contributed by atoms with van der Waals surface area (Å²) in [6.07, 6.45) is -3.51. The number of benzene rings is 1. The van der Waals surface area contributed by atoms with E-state index >= 15 is 0 Å². The third kappa shape index (κ3) is 2.29. The number of rotatable bonds is 1. The molecule has 1 amide bonds. The summed E-state index contributed by atoms with van der Waals surface area (Å²) in [6, 6.07) is 4.23. The molecule has 8 heteroatoms. The molecular weight excluding hydrogens is 320 g/mol. The predicted molar refractivity (Wildman–Crippen MR) is 75.1 cm³/mol. The van der Waals surface area contributed by atoms with Crippen molar-refractivity contribution < 1.29 is 22.4 Å². The van der Waals surface area contributed by atoms with Gasteiger partial charge in [-0.2, -0.15) is 18.2 Å². The minimum absolute atomic E-state index is 0.106. The maximum Gasteiger partial charge on any atom is 0.412 e. The second-order valence-electron chi connectivity index (χ2n) is 5.40. The number of carbonyl (C=O) groups is 1. The van der Waals surface area contributed by atoms with Crippen LogP contribution in [0.2, 0.25) is 0 Å². The summed E-state index contributed by atoms with van der Waals surface area (Å²) in [7, 11) is 0. The van der Waals surface area contributed by atoms with E-state index in [0.29, 0.717) is 30.2 Å². The van der Waals surface area contributed by atoms with Gasteiger partial charge < -0.3 is 5.32 Å². The van der Waals surface area contributed by atoms with Crippen molar-refractivity contribution in [2.75, 3.05) is 0 Å². The molecule has 1 aliphatic carbocycles. The fourth-order valence-corrected chi connectivity index (χ4v) is 3.59. The van der Waals surface area contributed by atoms with E-state index < -0.39 is 28.7 Å². The summed E-state index contributed by atoms with van der Waals surface area (Å²) >= 11 is 0.337. The minimum atomic E-state index is -4.69. The first-order valence-electron chi connectivity index (χ1n) is 6.65. The molecule has 2 aliphatic rings. The van der Waals surface area contributed by atoms with Crippen LogP contribution in [0, 0.1) is 5.82 Å². The van der Waals surface area contributed by atoms with Gasteiger partial charge >= 0.3 is 6.18 Å². The monoisotopic (exact) mass is 332 g/mol. The van der Waals surface area contributed by atoms with Crippen molar-refractivity contribution in [2.24, 2.45) is 4.99 Å². The molecule has 0 saturated carbocycles. The molecular formula is C14H12F4N2OS. The molecule has 22 heavy (non-hydrogen) atoms. The Kier molecular flexibility index (Phi) is 3.47. The fourth-order valence-electron chi connectivity index (χ4n) is 2.63. The van der Waals surface area contributed by atoms with Gasteiger partial charge in [-0.1, -0.05) is 23.9 Å². The maximum absolute atomic E-state index is 13.9. The molecule has 1 aromatic carbocycles. The highest BCUT2D eigenvalue weighted by Gasteiger charge is 2.61. The van der Waals surface area contributed by atoms with Crippen molar-refractivity contribution in [1.29, 1.82) is 0 Å². The molecule has 1 aliphatic heterocycles. The van der Waals surface area contributed by atoms with E-state index in [1.54, 1.807) is 12.1 Å². The molecule has 3 rings (SSSR count). The van der Waals surface area contributed by atoms with Gasteiger partial charge in [-0.25, -0.2) is 4.39 Å². The number of carbonyl (C=O) groups excluding carboxylic acids is 1. The molecule has 1 heterocycles. The Morgan fingerprint density at radius 1 is 1.41 bits per heavy atom. The normalized spacial score (nSPS) is 27.8. The molecule has 1 N–H and O–H groups in total. The zero-order chi connectivity index (χ0) is 16.1. The SMILES string of the molecule is CC1(C(F)(F)F)SC(N[C@H]2CCc3cccc(F)c32)=NC1=O. The molecule has 0 saturated heterocycles. The van der Waals surface area contributed by atoms with Crippen molar-refractivity contribution in [3.05, 3.63) is 35.1 Å². The van der Waals surface area contributed by atoms with Crippen LogP contribution < -0.4 is 5.32 Å². The Balaban J connectivity index is 1.81. The smallest absolute Gasteiger partial charge is 0.358 e. The highest BCUT2D eigenvalue weighted by atomic mass is 32.2. The summed E-state index contributed by atoms with van der Waals surface area (Å²) in [6.45, 7) is 0.807. The zero-order valence-electron chi connectivity index (χ0n) is 11.5. The third-order valence-electron chi connectivity index (χ3n) is 3.94. The van der Waals surface area contributed by atoms with Gasteiger partial charge in [0.15, 0.2) is 9.91 Å². The van der Waals surface area contributed by atoms with E-state index in [9.17, 15) is 22.4 Å². The molecule has 0 radical (unpaired) electrons. The molecule has 1 unspecified atom stereocenters. The van der Waals surface area contributed by atoms with Gasteiger partial charge in [0.25, 0.3) is 5.91 Å². The van der Waals surface area contributed by atoms with E-state index in [1.807, 2.05) is 0 Å². The predicted octanol–water partition coefficient (Wildman–Crippen LogP) is 3.35. The quantitative estimate of drug-likeness (QED) is 0.802. The van der Waals surface area contributed by atoms with Gasteiger partial charge in [-0.3, -0.25) is 4.79 Å². The van der Waals surface area contributed by atoms with Gasteiger partial charge in [0, 0.05) is 5.56 Å². The van der Waals surface area contributed by atoms with Crippen molar-refractivity contribution >= 4 is 22.8 Å². The fraction of sp³-hybridized carbons (Fsp3) is 0.429. The minimum Gasteiger partial charge on any atom is -0.358 e. The lowest BCUT2D eigenvalue weighted by atomic mass is 10.1. The summed E-state index contributed by atoms with van der Waals surface area (Å²) < 4.78 is 50.3. The molecule has 0 spiro atoms. The molecule has 2 atom stereocenters. The highest BCUT2D eigenvalue weighted by Crippen LogP contribution is 2.46. The summed E-state index contributed by atoms with van der Waals surface area (Å²) in [5.41, 5.74) is 1.27. The van der Waals surface area contributed by atoms with Crippen LogP contribution in [0.25, 0.3) is 0 Å². The Bertz CT molecular complexity index is 673. The van der Waals surface area contributed by atoms with Gasteiger partial charge in [0.2, 0.25) is 0 Å². The molecule has 3 nitrogen and oxygen atoms in total. The van der Waals surface area contributed by atoms with Gasteiger partial charge in [-0.05, 0) is 31.4 Å². The van der Waals surface area contributed by atoms with Crippen LogP contribution in [0.5, 0.6) is 0 Å². The number of amides is 1. The van der Waals surface area contributed by atoms with Gasteiger partial charge in [-0.15, -0.1) is 0 Å². The number of aryl methyl sites for hydroxylation is 1. The van der Waals surface area contributed by atoms with Crippen LogP contribution >= 0.6 is 11.8 Å². The number of fused-ring (bicyclic) bond motifs is 1. The Labute approximate surface area is 128 Å². The summed E-state index contributed by atoms with van der Waals surface area (Å²) in [4.78, 5) is 15.1. The molecule has 0 bridgehead atoms. The number of alkyl halides is 3. The van der Waals surface area contributed by atoms with Crippen LogP contribution in [0.15, 0.2) is 23.2 Å². The lowest BCUT2D eigenvalue weighted by Gasteiger charge is -2.23. The Hall–Kier alpha value is -1.57. The third-order valence-corrected chi connectivity index (χ3v) is 5.16. The molecule has 118 valence electrons. The average Bonchev–Trinajstić information content (AvgIpc) is 2.93.